The van der Waals surface area contributed by atoms with Crippen molar-refractivity contribution in [3.05, 3.63) is 59.7 Å². The number of aliphatic hydroxyl groups excluding tert-OH is 1. The number of aliphatic hydroxyl groups is 1. The van der Waals surface area contributed by atoms with E-state index in [2.05, 4.69) is 0 Å². The van der Waals surface area contributed by atoms with Crippen LogP contribution in [0.5, 0.6) is 11.5 Å². The van der Waals surface area contributed by atoms with Crippen LogP contribution in [0.15, 0.2) is 48.5 Å². The van der Waals surface area contributed by atoms with Crippen LogP contribution in [-0.4, -0.2) is 18.8 Å². The maximum Gasteiger partial charge on any atom is 0.119 e. The van der Waals surface area contributed by atoms with Crippen molar-refractivity contribution in [1.82, 2.24) is 0 Å². The van der Waals surface area contributed by atoms with E-state index >= 15 is 0 Å². The fraction of sp³-hybridized carbons (Fsp3) is 0.250. The predicted octanol–water partition coefficient (Wildman–Crippen LogP) is 3.18. The van der Waals surface area contributed by atoms with Crippen LogP contribution in [0.1, 0.15) is 24.2 Å². The fourth-order valence-electron chi connectivity index (χ4n) is 1.92. The van der Waals surface area contributed by atoms with E-state index in [1.807, 2.05) is 55.5 Å². The Kier molecular flexibility index (Phi) is 4.42. The molecule has 0 radical (unpaired) electrons. The molecule has 1 N–H and O–H groups in total. The summed E-state index contributed by atoms with van der Waals surface area (Å²) in [6.07, 6.45) is -0.661. The van der Waals surface area contributed by atoms with Gasteiger partial charge in [0, 0.05) is 0 Å². The molecule has 0 aliphatic rings. The Balaban J connectivity index is 2.20. The first kappa shape index (κ1) is 13.4. The summed E-state index contributed by atoms with van der Waals surface area (Å²) in [7, 11) is 1.61. The number of hydrogen-bond acceptors (Lipinski definition) is 3. The molecule has 0 fully saturated rings. The van der Waals surface area contributed by atoms with E-state index in [1.54, 1.807) is 7.11 Å². The summed E-state index contributed by atoms with van der Waals surface area (Å²) in [6.45, 7) is 2.58. The molecule has 0 aliphatic carbocycles. The number of rotatable bonds is 5. The highest BCUT2D eigenvalue weighted by Crippen LogP contribution is 2.26. The zero-order valence-electron chi connectivity index (χ0n) is 11.2. The van der Waals surface area contributed by atoms with Gasteiger partial charge in [-0.3, -0.25) is 0 Å². The lowest BCUT2D eigenvalue weighted by molar-refractivity contribution is 0.219. The smallest absolute Gasteiger partial charge is 0.119 e. The van der Waals surface area contributed by atoms with Gasteiger partial charge in [0.25, 0.3) is 0 Å². The maximum absolute atomic E-state index is 10.3. The van der Waals surface area contributed by atoms with Gasteiger partial charge in [0.05, 0.1) is 13.7 Å². The van der Waals surface area contributed by atoms with Crippen molar-refractivity contribution < 1.29 is 14.6 Å². The first-order valence-electron chi connectivity index (χ1n) is 6.29. The number of benzene rings is 2. The van der Waals surface area contributed by atoms with Gasteiger partial charge in [-0.15, -0.1) is 0 Å². The molecule has 3 nitrogen and oxygen atoms in total. The molecule has 0 aliphatic heterocycles. The van der Waals surface area contributed by atoms with Gasteiger partial charge in [0.1, 0.15) is 17.6 Å². The molecule has 2 aromatic carbocycles. The molecule has 19 heavy (non-hydrogen) atoms. The highest BCUT2D eigenvalue weighted by molar-refractivity contribution is 5.37. The molecule has 0 saturated carbocycles. The minimum Gasteiger partial charge on any atom is -0.497 e. The van der Waals surface area contributed by atoms with E-state index in [1.165, 1.54) is 0 Å². The summed E-state index contributed by atoms with van der Waals surface area (Å²) in [5.41, 5.74) is 1.64. The average Bonchev–Trinajstić information content (AvgIpc) is 2.48. The second-order valence-electron chi connectivity index (χ2n) is 4.18. The van der Waals surface area contributed by atoms with Crippen LogP contribution in [0.4, 0.5) is 0 Å². The van der Waals surface area contributed by atoms with Crippen LogP contribution in [-0.2, 0) is 0 Å². The Morgan fingerprint density at radius 2 is 1.74 bits per heavy atom. The number of hydrogen-bond donors (Lipinski definition) is 1. The van der Waals surface area contributed by atoms with E-state index in [4.69, 9.17) is 9.47 Å². The standard InChI is InChI=1S/C16H18O3/c1-3-19-14-9-7-12(8-10-14)16(17)13-5-4-6-15(11-13)18-2/h4-11,16-17H,3H2,1-2H3. The highest BCUT2D eigenvalue weighted by atomic mass is 16.5. The van der Waals surface area contributed by atoms with Gasteiger partial charge < -0.3 is 14.6 Å². The lowest BCUT2D eigenvalue weighted by Crippen LogP contribution is -2.00. The Hall–Kier alpha value is -2.00. The van der Waals surface area contributed by atoms with Crippen molar-refractivity contribution >= 4 is 0 Å². The van der Waals surface area contributed by atoms with Crippen LogP contribution in [0.2, 0.25) is 0 Å². The summed E-state index contributed by atoms with van der Waals surface area (Å²) < 4.78 is 10.5. The SMILES string of the molecule is CCOc1ccc(C(O)c2cccc(OC)c2)cc1. The van der Waals surface area contributed by atoms with Gasteiger partial charge in [-0.25, -0.2) is 0 Å². The molecule has 1 atom stereocenters. The van der Waals surface area contributed by atoms with Gasteiger partial charge in [-0.05, 0) is 42.3 Å². The van der Waals surface area contributed by atoms with Crippen molar-refractivity contribution in [2.75, 3.05) is 13.7 Å². The molecular weight excluding hydrogens is 240 g/mol. The van der Waals surface area contributed by atoms with Gasteiger partial charge in [0.15, 0.2) is 0 Å². The van der Waals surface area contributed by atoms with Crippen LogP contribution < -0.4 is 9.47 Å². The Labute approximate surface area is 113 Å². The van der Waals surface area contributed by atoms with E-state index in [9.17, 15) is 5.11 Å². The Morgan fingerprint density at radius 1 is 1.00 bits per heavy atom. The molecule has 100 valence electrons. The Bertz CT molecular complexity index is 520. The van der Waals surface area contributed by atoms with E-state index < -0.39 is 6.10 Å². The van der Waals surface area contributed by atoms with E-state index in [0.717, 1.165) is 22.6 Å². The second-order valence-corrected chi connectivity index (χ2v) is 4.18. The zero-order chi connectivity index (χ0) is 13.7. The van der Waals surface area contributed by atoms with Gasteiger partial charge in [-0.1, -0.05) is 24.3 Å². The first-order valence-corrected chi connectivity index (χ1v) is 6.29. The monoisotopic (exact) mass is 258 g/mol. The van der Waals surface area contributed by atoms with Crippen molar-refractivity contribution in [3.63, 3.8) is 0 Å². The van der Waals surface area contributed by atoms with Crippen molar-refractivity contribution in [1.29, 1.82) is 0 Å². The molecule has 0 bridgehead atoms. The highest BCUT2D eigenvalue weighted by Gasteiger charge is 2.11. The van der Waals surface area contributed by atoms with Crippen molar-refractivity contribution in [3.8, 4) is 11.5 Å². The molecule has 2 rings (SSSR count). The first-order chi connectivity index (χ1) is 9.24. The van der Waals surface area contributed by atoms with E-state index in [0.29, 0.717) is 6.61 Å². The van der Waals surface area contributed by atoms with Crippen molar-refractivity contribution in [2.24, 2.45) is 0 Å². The largest absolute Gasteiger partial charge is 0.497 e. The summed E-state index contributed by atoms with van der Waals surface area (Å²) in [5.74, 6) is 1.55. The quantitative estimate of drug-likeness (QED) is 0.895. The van der Waals surface area contributed by atoms with Crippen LogP contribution in [0, 0.1) is 0 Å². The fourth-order valence-corrected chi connectivity index (χ4v) is 1.92. The van der Waals surface area contributed by atoms with Gasteiger partial charge in [0.2, 0.25) is 0 Å². The average molecular weight is 258 g/mol. The minimum atomic E-state index is -0.661. The summed E-state index contributed by atoms with van der Waals surface area (Å²) in [6, 6.07) is 14.9. The molecular formula is C16H18O3. The molecule has 0 spiro atoms. The molecule has 0 saturated heterocycles. The van der Waals surface area contributed by atoms with Crippen molar-refractivity contribution in [2.45, 2.75) is 13.0 Å². The Morgan fingerprint density at radius 3 is 2.37 bits per heavy atom. The topological polar surface area (TPSA) is 38.7 Å². The van der Waals surface area contributed by atoms with Crippen LogP contribution in [0.25, 0.3) is 0 Å². The maximum atomic E-state index is 10.3. The van der Waals surface area contributed by atoms with E-state index in [-0.39, 0.29) is 0 Å². The summed E-state index contributed by atoms with van der Waals surface area (Å²) in [5, 5.41) is 10.3. The van der Waals surface area contributed by atoms with Crippen LogP contribution >= 0.6 is 0 Å². The molecule has 0 aromatic heterocycles. The molecule has 0 amide bonds. The van der Waals surface area contributed by atoms with Gasteiger partial charge in [-0.2, -0.15) is 0 Å². The zero-order valence-corrected chi connectivity index (χ0v) is 11.2. The third-order valence-electron chi connectivity index (χ3n) is 2.92. The molecule has 3 heteroatoms. The third-order valence-corrected chi connectivity index (χ3v) is 2.92. The normalized spacial score (nSPS) is 11.9. The lowest BCUT2D eigenvalue weighted by atomic mass is 10.0. The third kappa shape index (κ3) is 3.26. The molecule has 0 heterocycles. The predicted molar refractivity (Wildman–Crippen MR) is 74.7 cm³/mol. The number of methoxy groups -OCH3 is 1. The van der Waals surface area contributed by atoms with Crippen LogP contribution in [0.3, 0.4) is 0 Å². The number of ether oxygens (including phenoxy) is 2. The molecule has 2 aromatic rings. The van der Waals surface area contributed by atoms with Gasteiger partial charge >= 0.3 is 0 Å². The summed E-state index contributed by atoms with van der Waals surface area (Å²) >= 11 is 0. The summed E-state index contributed by atoms with van der Waals surface area (Å²) in [4.78, 5) is 0. The lowest BCUT2D eigenvalue weighted by Gasteiger charge is -2.13. The molecule has 1 unspecified atom stereocenters. The second kappa shape index (κ2) is 6.25. The minimum absolute atomic E-state index is 0.637.